The number of rotatable bonds is 5. The lowest BCUT2D eigenvalue weighted by Gasteiger charge is -2.17. The Morgan fingerprint density at radius 3 is 2.31 bits per heavy atom. The standard InChI is InChI=1S/C21H18ClNO3/c1-26-19-11-10-16(13-18(19)22)15-8-5-9-17(12-15)20(21(24)23-25)14-6-3-2-4-7-14/h2-13,20,25H,1H3,(H,23,24). The summed E-state index contributed by atoms with van der Waals surface area (Å²) in [6, 6.07) is 22.5. The molecule has 0 radical (unpaired) electrons. The van der Waals surface area contributed by atoms with Crippen molar-refractivity contribution in [1.82, 2.24) is 5.48 Å². The second-order valence-corrected chi connectivity index (χ2v) is 6.20. The van der Waals surface area contributed by atoms with Gasteiger partial charge in [0.15, 0.2) is 0 Å². The maximum absolute atomic E-state index is 12.3. The molecule has 0 aromatic heterocycles. The largest absolute Gasteiger partial charge is 0.495 e. The predicted molar refractivity (Wildman–Crippen MR) is 102 cm³/mol. The smallest absolute Gasteiger partial charge is 0.255 e. The molecule has 5 heteroatoms. The van der Waals surface area contributed by atoms with E-state index in [1.807, 2.05) is 66.7 Å². The molecule has 2 N–H and O–H groups in total. The second kappa shape index (κ2) is 8.04. The zero-order chi connectivity index (χ0) is 18.5. The van der Waals surface area contributed by atoms with Crippen LogP contribution in [-0.4, -0.2) is 18.2 Å². The van der Waals surface area contributed by atoms with E-state index in [0.29, 0.717) is 10.8 Å². The first kappa shape index (κ1) is 18.0. The number of halogens is 1. The highest BCUT2D eigenvalue weighted by atomic mass is 35.5. The molecule has 0 aliphatic carbocycles. The Morgan fingerprint density at radius 1 is 0.962 bits per heavy atom. The number of carbonyl (C=O) groups is 1. The first-order valence-electron chi connectivity index (χ1n) is 8.07. The van der Waals surface area contributed by atoms with Crippen LogP contribution in [0.4, 0.5) is 0 Å². The van der Waals surface area contributed by atoms with Crippen molar-refractivity contribution in [1.29, 1.82) is 0 Å². The highest BCUT2D eigenvalue weighted by molar-refractivity contribution is 6.32. The first-order valence-corrected chi connectivity index (χ1v) is 8.44. The van der Waals surface area contributed by atoms with Crippen LogP contribution in [0.5, 0.6) is 5.75 Å². The molecule has 1 amide bonds. The summed E-state index contributed by atoms with van der Waals surface area (Å²) in [5, 5.41) is 9.69. The van der Waals surface area contributed by atoms with Crippen molar-refractivity contribution in [2.24, 2.45) is 0 Å². The van der Waals surface area contributed by atoms with Gasteiger partial charge in [-0.15, -0.1) is 0 Å². The van der Waals surface area contributed by atoms with Crippen molar-refractivity contribution in [3.05, 3.63) is 88.9 Å². The molecule has 0 saturated heterocycles. The number of ether oxygens (including phenoxy) is 1. The Labute approximate surface area is 157 Å². The van der Waals surface area contributed by atoms with E-state index in [0.717, 1.165) is 22.3 Å². The minimum absolute atomic E-state index is 0.485. The summed E-state index contributed by atoms with van der Waals surface area (Å²) in [4.78, 5) is 12.3. The molecule has 0 spiro atoms. The Hall–Kier alpha value is -2.82. The van der Waals surface area contributed by atoms with Gasteiger partial charge in [-0.05, 0) is 34.4 Å². The van der Waals surface area contributed by atoms with Gasteiger partial charge in [-0.1, -0.05) is 72.3 Å². The molecule has 1 unspecified atom stereocenters. The van der Waals surface area contributed by atoms with Gasteiger partial charge in [-0.25, -0.2) is 5.48 Å². The fourth-order valence-electron chi connectivity index (χ4n) is 2.95. The van der Waals surface area contributed by atoms with E-state index in [9.17, 15) is 10.0 Å². The number of hydrogen-bond acceptors (Lipinski definition) is 3. The summed E-state index contributed by atoms with van der Waals surface area (Å²) < 4.78 is 5.19. The average Bonchev–Trinajstić information content (AvgIpc) is 2.69. The van der Waals surface area contributed by atoms with E-state index in [2.05, 4.69) is 0 Å². The lowest BCUT2D eigenvalue weighted by Crippen LogP contribution is -2.27. The predicted octanol–water partition coefficient (Wildman–Crippen LogP) is 4.65. The van der Waals surface area contributed by atoms with Gasteiger partial charge < -0.3 is 4.74 Å². The zero-order valence-electron chi connectivity index (χ0n) is 14.1. The van der Waals surface area contributed by atoms with E-state index in [-0.39, 0.29) is 0 Å². The molecule has 3 aromatic rings. The van der Waals surface area contributed by atoms with Gasteiger partial charge in [0.1, 0.15) is 5.75 Å². The number of carbonyl (C=O) groups excluding carboxylic acids is 1. The molecular weight excluding hydrogens is 350 g/mol. The van der Waals surface area contributed by atoms with E-state index in [1.165, 1.54) is 0 Å². The van der Waals surface area contributed by atoms with Crippen LogP contribution in [0.1, 0.15) is 17.0 Å². The van der Waals surface area contributed by atoms with Crippen LogP contribution in [0.15, 0.2) is 72.8 Å². The van der Waals surface area contributed by atoms with E-state index < -0.39 is 11.8 Å². The molecule has 0 aliphatic rings. The number of hydrogen-bond donors (Lipinski definition) is 2. The van der Waals surface area contributed by atoms with Gasteiger partial charge in [0.2, 0.25) is 0 Å². The van der Waals surface area contributed by atoms with Crippen molar-refractivity contribution >= 4 is 17.5 Å². The van der Waals surface area contributed by atoms with Gasteiger partial charge in [-0.3, -0.25) is 10.0 Å². The Kier molecular flexibility index (Phi) is 5.56. The van der Waals surface area contributed by atoms with Crippen LogP contribution in [0.2, 0.25) is 5.02 Å². The maximum Gasteiger partial charge on any atom is 0.255 e. The third-order valence-corrected chi connectivity index (χ3v) is 4.51. The minimum atomic E-state index is -0.616. The van der Waals surface area contributed by atoms with E-state index >= 15 is 0 Å². The van der Waals surface area contributed by atoms with Crippen LogP contribution >= 0.6 is 11.6 Å². The van der Waals surface area contributed by atoms with Gasteiger partial charge in [0.25, 0.3) is 5.91 Å². The molecule has 1 atom stereocenters. The van der Waals surface area contributed by atoms with E-state index in [4.69, 9.17) is 16.3 Å². The molecule has 4 nitrogen and oxygen atoms in total. The zero-order valence-corrected chi connectivity index (χ0v) is 14.9. The number of hydroxylamine groups is 1. The fourth-order valence-corrected chi connectivity index (χ4v) is 3.21. The molecular formula is C21H18ClNO3. The third-order valence-electron chi connectivity index (χ3n) is 4.21. The van der Waals surface area contributed by atoms with E-state index in [1.54, 1.807) is 18.7 Å². The van der Waals surface area contributed by atoms with Crippen molar-refractivity contribution < 1.29 is 14.7 Å². The summed E-state index contributed by atoms with van der Waals surface area (Å²) >= 11 is 6.23. The number of methoxy groups -OCH3 is 1. The SMILES string of the molecule is COc1ccc(-c2cccc(C(C(=O)NO)c3ccccc3)c2)cc1Cl. The van der Waals surface area contributed by atoms with Crippen LogP contribution in [-0.2, 0) is 4.79 Å². The number of amides is 1. The molecule has 132 valence electrons. The quantitative estimate of drug-likeness (QED) is 0.509. The van der Waals surface area contributed by atoms with Crippen LogP contribution in [0.25, 0.3) is 11.1 Å². The molecule has 3 aromatic carbocycles. The third kappa shape index (κ3) is 3.72. The van der Waals surface area contributed by atoms with Crippen molar-refractivity contribution in [2.45, 2.75) is 5.92 Å². The Morgan fingerprint density at radius 2 is 1.65 bits per heavy atom. The first-order chi connectivity index (χ1) is 12.6. The highest BCUT2D eigenvalue weighted by Crippen LogP contribution is 2.32. The lowest BCUT2D eigenvalue weighted by molar-refractivity contribution is -0.129. The summed E-state index contributed by atoms with van der Waals surface area (Å²) in [7, 11) is 1.57. The molecule has 0 heterocycles. The van der Waals surface area contributed by atoms with Gasteiger partial charge in [0, 0.05) is 0 Å². The molecule has 3 rings (SSSR count). The molecule has 26 heavy (non-hydrogen) atoms. The van der Waals surface area contributed by atoms with Crippen LogP contribution in [0, 0.1) is 0 Å². The van der Waals surface area contributed by atoms with Gasteiger partial charge in [0.05, 0.1) is 18.1 Å². The monoisotopic (exact) mass is 367 g/mol. The van der Waals surface area contributed by atoms with Gasteiger partial charge >= 0.3 is 0 Å². The average molecular weight is 368 g/mol. The topological polar surface area (TPSA) is 58.6 Å². The molecule has 0 aliphatic heterocycles. The minimum Gasteiger partial charge on any atom is -0.495 e. The second-order valence-electron chi connectivity index (χ2n) is 5.79. The number of benzene rings is 3. The maximum atomic E-state index is 12.3. The van der Waals surface area contributed by atoms with Crippen molar-refractivity contribution in [3.8, 4) is 16.9 Å². The fraction of sp³-hybridized carbons (Fsp3) is 0.0952. The van der Waals surface area contributed by atoms with Crippen LogP contribution in [0.3, 0.4) is 0 Å². The molecule has 0 fully saturated rings. The van der Waals surface area contributed by atoms with Crippen LogP contribution < -0.4 is 10.2 Å². The summed E-state index contributed by atoms with van der Waals surface area (Å²) in [6.45, 7) is 0. The Bertz CT molecular complexity index is 912. The van der Waals surface area contributed by atoms with Crippen molar-refractivity contribution in [2.75, 3.05) is 7.11 Å². The summed E-state index contributed by atoms with van der Waals surface area (Å²) in [5.74, 6) is -0.496. The number of nitrogens with one attached hydrogen (secondary N) is 1. The lowest BCUT2D eigenvalue weighted by atomic mass is 9.89. The molecule has 0 saturated carbocycles. The highest BCUT2D eigenvalue weighted by Gasteiger charge is 2.22. The normalized spacial score (nSPS) is 11.7. The summed E-state index contributed by atoms with van der Waals surface area (Å²) in [6.07, 6.45) is 0. The van der Waals surface area contributed by atoms with Gasteiger partial charge in [-0.2, -0.15) is 0 Å². The molecule has 0 bridgehead atoms. The van der Waals surface area contributed by atoms with Crippen molar-refractivity contribution in [3.63, 3.8) is 0 Å². The Balaban J connectivity index is 2.04. The summed E-state index contributed by atoms with van der Waals surface area (Å²) in [5.41, 5.74) is 5.16.